The van der Waals surface area contributed by atoms with E-state index in [0.29, 0.717) is 5.56 Å². The molecule has 1 aromatic carbocycles. The number of alkyl halides is 3. The Labute approximate surface area is 108 Å². The van der Waals surface area contributed by atoms with Crippen LogP contribution in [-0.4, -0.2) is 19.8 Å². The molecule has 1 rings (SSSR count). The molecule has 0 unspecified atom stereocenters. The summed E-state index contributed by atoms with van der Waals surface area (Å²) < 4.78 is 58.4. The second kappa shape index (κ2) is 5.43. The number of halogens is 3. The molecule has 0 aliphatic heterocycles. The highest BCUT2D eigenvalue weighted by Gasteiger charge is 2.46. The summed E-state index contributed by atoms with van der Waals surface area (Å²) in [7, 11) is -5.65. The van der Waals surface area contributed by atoms with Gasteiger partial charge in [-0.3, -0.25) is 4.79 Å². The number of rotatable bonds is 4. The van der Waals surface area contributed by atoms with Crippen molar-refractivity contribution in [2.24, 2.45) is 0 Å². The minimum atomic E-state index is -5.65. The molecular formula is C11H10F3NO3S. The highest BCUT2D eigenvalue weighted by molar-refractivity contribution is 7.90. The second-order valence-electron chi connectivity index (χ2n) is 3.60. The largest absolute Gasteiger partial charge is 0.516 e. The Kier molecular flexibility index (Phi) is 4.35. The zero-order valence-electron chi connectivity index (χ0n) is 9.57. The van der Waals surface area contributed by atoms with Crippen molar-refractivity contribution >= 4 is 22.0 Å². The minimum Gasteiger partial charge on any atom is -0.274 e. The van der Waals surface area contributed by atoms with E-state index in [1.54, 1.807) is 18.2 Å². The first-order chi connectivity index (χ1) is 8.65. The lowest BCUT2D eigenvalue weighted by molar-refractivity contribution is -0.119. The first kappa shape index (κ1) is 15.2. The van der Waals surface area contributed by atoms with Crippen LogP contribution in [0, 0.1) is 0 Å². The molecule has 19 heavy (non-hydrogen) atoms. The number of benzene rings is 1. The van der Waals surface area contributed by atoms with Gasteiger partial charge in [0.25, 0.3) is 0 Å². The van der Waals surface area contributed by atoms with E-state index >= 15 is 0 Å². The third-order valence-electron chi connectivity index (χ3n) is 2.13. The summed E-state index contributed by atoms with van der Waals surface area (Å²) in [5, 5.41) is 0. The van der Waals surface area contributed by atoms with Gasteiger partial charge in [-0.1, -0.05) is 36.9 Å². The average Bonchev–Trinajstić information content (AvgIpc) is 2.27. The number of amides is 1. The van der Waals surface area contributed by atoms with Gasteiger partial charge in [0, 0.05) is 0 Å². The summed E-state index contributed by atoms with van der Waals surface area (Å²) in [5.74, 6) is -1.25. The van der Waals surface area contributed by atoms with Gasteiger partial charge in [-0.05, 0) is 11.1 Å². The summed E-state index contributed by atoms with van der Waals surface area (Å²) >= 11 is 0. The highest BCUT2D eigenvalue weighted by Crippen LogP contribution is 2.21. The van der Waals surface area contributed by atoms with E-state index in [0.717, 1.165) is 10.3 Å². The fourth-order valence-corrected chi connectivity index (χ4v) is 1.69. The van der Waals surface area contributed by atoms with Crippen LogP contribution >= 0.6 is 0 Å². The Balaban J connectivity index is 2.73. The maximum absolute atomic E-state index is 12.0. The van der Waals surface area contributed by atoms with E-state index in [1.165, 1.54) is 12.1 Å². The first-order valence-corrected chi connectivity index (χ1v) is 6.47. The van der Waals surface area contributed by atoms with Gasteiger partial charge in [-0.2, -0.15) is 21.6 Å². The molecule has 0 fully saturated rings. The van der Waals surface area contributed by atoms with Crippen molar-refractivity contribution in [1.82, 2.24) is 4.72 Å². The van der Waals surface area contributed by atoms with E-state index in [4.69, 9.17) is 0 Å². The van der Waals surface area contributed by atoms with Gasteiger partial charge in [0.2, 0.25) is 5.91 Å². The number of hydrogen-bond acceptors (Lipinski definition) is 3. The van der Waals surface area contributed by atoms with Gasteiger partial charge in [0.05, 0.1) is 6.42 Å². The predicted octanol–water partition coefficient (Wildman–Crippen LogP) is 1.84. The Morgan fingerprint density at radius 3 is 2.21 bits per heavy atom. The van der Waals surface area contributed by atoms with Crippen LogP contribution in [0.4, 0.5) is 13.2 Å². The van der Waals surface area contributed by atoms with Crippen molar-refractivity contribution in [1.29, 1.82) is 0 Å². The van der Waals surface area contributed by atoms with Gasteiger partial charge in [-0.15, -0.1) is 0 Å². The van der Waals surface area contributed by atoms with E-state index in [9.17, 15) is 26.4 Å². The monoisotopic (exact) mass is 293 g/mol. The lowest BCUT2D eigenvalue weighted by atomic mass is 10.1. The molecule has 0 heterocycles. The smallest absolute Gasteiger partial charge is 0.274 e. The average molecular weight is 293 g/mol. The van der Waals surface area contributed by atoms with E-state index in [1.807, 2.05) is 0 Å². The minimum absolute atomic E-state index is 0.389. The molecule has 0 bridgehead atoms. The molecule has 1 N–H and O–H groups in total. The molecule has 0 atom stereocenters. The van der Waals surface area contributed by atoms with Gasteiger partial charge in [-0.25, -0.2) is 4.72 Å². The summed E-state index contributed by atoms with van der Waals surface area (Å²) in [4.78, 5) is 11.2. The summed E-state index contributed by atoms with van der Waals surface area (Å²) in [5.41, 5.74) is -4.34. The number of carbonyl (C=O) groups is 1. The Morgan fingerprint density at radius 1 is 1.26 bits per heavy atom. The summed E-state index contributed by atoms with van der Waals surface area (Å²) in [6.45, 7) is 3.51. The SMILES string of the molecule is C=Cc1ccc(CC(=O)NS(=O)(=O)C(F)(F)F)cc1. The Bertz CT molecular complexity index is 576. The lowest BCUT2D eigenvalue weighted by Crippen LogP contribution is -2.40. The van der Waals surface area contributed by atoms with Crippen LogP contribution in [0.25, 0.3) is 6.08 Å². The van der Waals surface area contributed by atoms with Crippen molar-refractivity contribution in [3.05, 3.63) is 42.0 Å². The molecule has 0 radical (unpaired) electrons. The van der Waals surface area contributed by atoms with E-state index in [2.05, 4.69) is 6.58 Å². The van der Waals surface area contributed by atoms with Crippen LogP contribution in [0.1, 0.15) is 11.1 Å². The summed E-state index contributed by atoms with van der Waals surface area (Å²) in [6, 6.07) is 6.20. The van der Waals surface area contributed by atoms with E-state index in [-0.39, 0.29) is 0 Å². The fraction of sp³-hybridized carbons (Fsp3) is 0.182. The van der Waals surface area contributed by atoms with Crippen molar-refractivity contribution in [2.45, 2.75) is 11.9 Å². The molecule has 1 amide bonds. The fourth-order valence-electron chi connectivity index (χ4n) is 1.20. The van der Waals surface area contributed by atoms with Crippen LogP contribution in [0.5, 0.6) is 0 Å². The molecule has 104 valence electrons. The van der Waals surface area contributed by atoms with Crippen molar-refractivity contribution in [3.8, 4) is 0 Å². The normalized spacial score (nSPS) is 11.9. The van der Waals surface area contributed by atoms with Crippen molar-refractivity contribution in [2.75, 3.05) is 0 Å². The van der Waals surface area contributed by atoms with Crippen molar-refractivity contribution < 1.29 is 26.4 Å². The third-order valence-corrected chi connectivity index (χ3v) is 3.24. The number of sulfonamides is 1. The molecule has 4 nitrogen and oxygen atoms in total. The molecule has 0 aliphatic rings. The quantitative estimate of drug-likeness (QED) is 0.921. The molecule has 0 saturated carbocycles. The predicted molar refractivity (Wildman–Crippen MR) is 63.4 cm³/mol. The lowest BCUT2D eigenvalue weighted by Gasteiger charge is -2.09. The van der Waals surface area contributed by atoms with E-state index < -0.39 is 27.9 Å². The number of hydrogen-bond donors (Lipinski definition) is 1. The van der Waals surface area contributed by atoms with Gasteiger partial charge < -0.3 is 0 Å². The molecule has 0 aliphatic carbocycles. The highest BCUT2D eigenvalue weighted by atomic mass is 32.2. The van der Waals surface area contributed by atoms with Crippen LogP contribution in [0.3, 0.4) is 0 Å². The maximum Gasteiger partial charge on any atom is 0.516 e. The van der Waals surface area contributed by atoms with Crippen molar-refractivity contribution in [3.63, 3.8) is 0 Å². The number of nitrogens with one attached hydrogen (secondary N) is 1. The zero-order valence-corrected chi connectivity index (χ0v) is 10.4. The van der Waals surface area contributed by atoms with Crippen LogP contribution < -0.4 is 4.72 Å². The van der Waals surface area contributed by atoms with Crippen LogP contribution in [-0.2, 0) is 21.2 Å². The molecule has 0 spiro atoms. The van der Waals surface area contributed by atoms with Gasteiger partial charge in [0.15, 0.2) is 0 Å². The molecule has 8 heteroatoms. The number of carbonyl (C=O) groups excluding carboxylic acids is 1. The standard InChI is InChI=1S/C11H10F3NO3S/c1-2-8-3-5-9(6-4-8)7-10(16)15-19(17,18)11(12,13)14/h2-6H,1,7H2,(H,15,16). The van der Waals surface area contributed by atoms with Crippen LogP contribution in [0.15, 0.2) is 30.8 Å². The van der Waals surface area contributed by atoms with Crippen LogP contribution in [0.2, 0.25) is 0 Å². The van der Waals surface area contributed by atoms with Gasteiger partial charge in [0.1, 0.15) is 0 Å². The van der Waals surface area contributed by atoms with Gasteiger partial charge >= 0.3 is 15.5 Å². The topological polar surface area (TPSA) is 63.2 Å². The molecular weight excluding hydrogens is 283 g/mol. The Morgan fingerprint density at radius 2 is 1.79 bits per heavy atom. The third kappa shape index (κ3) is 4.09. The summed E-state index contributed by atoms with van der Waals surface area (Å²) in [6.07, 6.45) is 1.09. The Hall–Kier alpha value is -1.83. The zero-order chi connectivity index (χ0) is 14.7. The molecule has 0 saturated heterocycles. The second-order valence-corrected chi connectivity index (χ2v) is 5.27. The first-order valence-electron chi connectivity index (χ1n) is 4.99. The molecule has 1 aromatic rings. The molecule has 0 aromatic heterocycles. The maximum atomic E-state index is 12.0.